The molecule has 1 N–H and O–H groups in total. The van der Waals surface area contributed by atoms with Gasteiger partial charge in [-0.25, -0.2) is 8.42 Å². The third-order valence-corrected chi connectivity index (χ3v) is 10.1. The molecule has 0 aliphatic rings. The van der Waals surface area contributed by atoms with Gasteiger partial charge in [0.1, 0.15) is 18.3 Å². The number of thioether (sulfide) groups is 1. The molecule has 0 spiro atoms. The molecule has 0 aliphatic heterocycles. The largest absolute Gasteiger partial charge is 0.494 e. The Morgan fingerprint density at radius 1 is 0.977 bits per heavy atom. The molecule has 44 heavy (non-hydrogen) atoms. The summed E-state index contributed by atoms with van der Waals surface area (Å²) in [6.45, 7) is 6.02. The summed E-state index contributed by atoms with van der Waals surface area (Å²) in [6, 6.07) is 17.1. The third kappa shape index (κ3) is 9.30. The fourth-order valence-electron chi connectivity index (χ4n) is 4.54. The van der Waals surface area contributed by atoms with E-state index in [0.717, 1.165) is 22.0 Å². The van der Waals surface area contributed by atoms with E-state index in [1.54, 1.807) is 54.6 Å². The van der Waals surface area contributed by atoms with E-state index in [1.165, 1.54) is 28.8 Å². The molecule has 2 amide bonds. The predicted molar refractivity (Wildman–Crippen MR) is 179 cm³/mol. The molecule has 3 aromatic rings. The topological polar surface area (TPSA) is 96.0 Å². The maximum absolute atomic E-state index is 14.2. The molecular formula is C32H39Cl2N3O5S2. The number of sulfonamides is 1. The number of nitrogens with one attached hydrogen (secondary N) is 1. The van der Waals surface area contributed by atoms with Crippen molar-refractivity contribution in [3.05, 3.63) is 82.3 Å². The minimum atomic E-state index is -4.20. The van der Waals surface area contributed by atoms with Gasteiger partial charge in [-0.2, -0.15) is 0 Å². The van der Waals surface area contributed by atoms with Crippen LogP contribution in [0.1, 0.15) is 45.6 Å². The second kappa shape index (κ2) is 17.0. The van der Waals surface area contributed by atoms with Crippen molar-refractivity contribution in [1.29, 1.82) is 0 Å². The number of unbranched alkanes of at least 4 members (excludes halogenated alkanes) is 1. The molecule has 8 nitrogen and oxygen atoms in total. The highest BCUT2D eigenvalue weighted by Gasteiger charge is 2.34. The van der Waals surface area contributed by atoms with Crippen LogP contribution in [0, 0.1) is 0 Å². The smallest absolute Gasteiger partial charge is 0.264 e. The Kier molecular flexibility index (Phi) is 13.7. The van der Waals surface area contributed by atoms with Gasteiger partial charge in [-0.1, -0.05) is 49.5 Å². The SMILES string of the molecule is CCCCNC(=O)C(CC)N(Cc1ccc(Cl)cc1Cl)C(=O)CN(c1ccc(OCC)cc1)S(=O)(=O)c1ccc(SC)cc1. The highest BCUT2D eigenvalue weighted by molar-refractivity contribution is 7.98. The van der Waals surface area contributed by atoms with Gasteiger partial charge in [-0.05, 0) is 92.2 Å². The van der Waals surface area contributed by atoms with Crippen LogP contribution in [0.25, 0.3) is 0 Å². The first-order valence-electron chi connectivity index (χ1n) is 14.5. The molecule has 12 heteroatoms. The Balaban J connectivity index is 2.07. The summed E-state index contributed by atoms with van der Waals surface area (Å²) < 4.78 is 34.8. The van der Waals surface area contributed by atoms with Crippen LogP contribution in [0.5, 0.6) is 5.75 Å². The lowest BCUT2D eigenvalue weighted by molar-refractivity contribution is -0.140. The molecule has 0 aromatic heterocycles. The van der Waals surface area contributed by atoms with E-state index in [1.807, 2.05) is 27.0 Å². The first kappa shape index (κ1) is 35.6. The number of hydrogen-bond acceptors (Lipinski definition) is 6. The van der Waals surface area contributed by atoms with Gasteiger partial charge < -0.3 is 15.0 Å². The molecule has 0 heterocycles. The Bertz CT molecular complexity index is 1500. The standard InChI is InChI=1S/C32H39Cl2N3O5S2/c1-5-8-19-35-32(39)30(6-2)36(21-23-9-10-24(33)20-29(23)34)31(38)22-37(25-11-13-26(14-12-25)42-7-3)44(40,41)28-17-15-27(43-4)16-18-28/h9-18,20,30H,5-8,19,21-22H2,1-4H3,(H,35,39). The number of carbonyl (C=O) groups is 2. The molecule has 3 rings (SSSR count). The zero-order chi connectivity index (χ0) is 32.3. The molecule has 0 saturated carbocycles. The van der Waals surface area contributed by atoms with Crippen molar-refractivity contribution in [2.45, 2.75) is 62.4 Å². The monoisotopic (exact) mass is 679 g/mol. The molecular weight excluding hydrogens is 641 g/mol. The number of nitrogens with zero attached hydrogens (tertiary/aromatic N) is 2. The van der Waals surface area contributed by atoms with Crippen molar-refractivity contribution in [1.82, 2.24) is 10.2 Å². The molecule has 0 bridgehead atoms. The average Bonchev–Trinajstić information content (AvgIpc) is 3.01. The van der Waals surface area contributed by atoms with Crippen LogP contribution >= 0.6 is 35.0 Å². The summed E-state index contributed by atoms with van der Waals surface area (Å²) in [5, 5.41) is 3.68. The Morgan fingerprint density at radius 2 is 1.66 bits per heavy atom. The molecule has 238 valence electrons. The van der Waals surface area contributed by atoms with E-state index in [-0.39, 0.29) is 23.0 Å². The summed E-state index contributed by atoms with van der Waals surface area (Å²) >= 11 is 14.1. The lowest BCUT2D eigenvalue weighted by Crippen LogP contribution is -2.52. The van der Waals surface area contributed by atoms with E-state index >= 15 is 0 Å². The molecule has 3 aromatic carbocycles. The normalized spacial score (nSPS) is 12.0. The highest BCUT2D eigenvalue weighted by atomic mass is 35.5. The first-order chi connectivity index (χ1) is 21.0. The number of halogens is 2. The number of ether oxygens (including phenoxy) is 1. The highest BCUT2D eigenvalue weighted by Crippen LogP contribution is 2.29. The molecule has 1 unspecified atom stereocenters. The van der Waals surface area contributed by atoms with Crippen molar-refractivity contribution < 1.29 is 22.7 Å². The lowest BCUT2D eigenvalue weighted by atomic mass is 10.1. The van der Waals surface area contributed by atoms with E-state index < -0.39 is 28.5 Å². The number of rotatable bonds is 16. The number of hydrogen-bond donors (Lipinski definition) is 1. The number of carbonyl (C=O) groups excluding carboxylic acids is 2. The maximum atomic E-state index is 14.2. The van der Waals surface area contributed by atoms with Crippen LogP contribution in [-0.4, -0.2) is 57.1 Å². The van der Waals surface area contributed by atoms with Crippen LogP contribution in [0.4, 0.5) is 5.69 Å². The van der Waals surface area contributed by atoms with Crippen molar-refractivity contribution in [2.75, 3.05) is 30.3 Å². The van der Waals surface area contributed by atoms with Gasteiger partial charge in [0.05, 0.1) is 17.2 Å². The second-order valence-electron chi connectivity index (χ2n) is 9.94. The van der Waals surface area contributed by atoms with Crippen LogP contribution in [-0.2, 0) is 26.2 Å². The van der Waals surface area contributed by atoms with Gasteiger partial charge >= 0.3 is 0 Å². The van der Waals surface area contributed by atoms with Crippen molar-refractivity contribution >= 4 is 62.5 Å². The summed E-state index contributed by atoms with van der Waals surface area (Å²) in [5.74, 6) is -0.313. The maximum Gasteiger partial charge on any atom is 0.264 e. The summed E-state index contributed by atoms with van der Waals surface area (Å²) in [7, 11) is -4.20. The molecule has 0 radical (unpaired) electrons. The molecule has 0 aliphatic carbocycles. The third-order valence-electron chi connectivity index (χ3n) is 6.93. The van der Waals surface area contributed by atoms with Gasteiger partial charge in [-0.15, -0.1) is 11.8 Å². The number of benzene rings is 3. The Labute approximate surface area is 275 Å². The quantitative estimate of drug-likeness (QED) is 0.129. The molecule has 0 saturated heterocycles. The first-order valence-corrected chi connectivity index (χ1v) is 17.9. The molecule has 0 fully saturated rings. The average molecular weight is 681 g/mol. The lowest BCUT2D eigenvalue weighted by Gasteiger charge is -2.33. The Morgan fingerprint density at radius 3 is 2.23 bits per heavy atom. The summed E-state index contributed by atoms with van der Waals surface area (Å²) in [4.78, 5) is 29.9. The van der Waals surface area contributed by atoms with Crippen molar-refractivity contribution in [3.63, 3.8) is 0 Å². The zero-order valence-corrected chi connectivity index (χ0v) is 28.5. The van der Waals surface area contributed by atoms with Gasteiger partial charge in [0.15, 0.2) is 0 Å². The van der Waals surface area contributed by atoms with Gasteiger partial charge in [0, 0.05) is 28.0 Å². The van der Waals surface area contributed by atoms with Gasteiger partial charge in [0.2, 0.25) is 11.8 Å². The minimum Gasteiger partial charge on any atom is -0.494 e. The fraction of sp³-hybridized carbons (Fsp3) is 0.375. The van der Waals surface area contributed by atoms with Crippen LogP contribution in [0.3, 0.4) is 0 Å². The Hall–Kier alpha value is -2.92. The number of amides is 2. The zero-order valence-electron chi connectivity index (χ0n) is 25.4. The van der Waals surface area contributed by atoms with E-state index in [2.05, 4.69) is 5.32 Å². The van der Waals surface area contributed by atoms with E-state index in [4.69, 9.17) is 27.9 Å². The van der Waals surface area contributed by atoms with Crippen LogP contribution in [0.15, 0.2) is 76.5 Å². The predicted octanol–water partition coefficient (Wildman–Crippen LogP) is 7.03. The van der Waals surface area contributed by atoms with E-state index in [9.17, 15) is 18.0 Å². The van der Waals surface area contributed by atoms with Gasteiger partial charge in [-0.3, -0.25) is 13.9 Å². The summed E-state index contributed by atoms with van der Waals surface area (Å²) in [5.41, 5.74) is 0.855. The van der Waals surface area contributed by atoms with Crippen molar-refractivity contribution in [2.24, 2.45) is 0 Å². The minimum absolute atomic E-state index is 0.0197. The van der Waals surface area contributed by atoms with E-state index in [0.29, 0.717) is 40.9 Å². The van der Waals surface area contributed by atoms with Crippen LogP contribution < -0.4 is 14.4 Å². The number of anilines is 1. The van der Waals surface area contributed by atoms with Crippen molar-refractivity contribution in [3.8, 4) is 5.75 Å². The molecule has 1 atom stereocenters. The van der Waals surface area contributed by atoms with Crippen LogP contribution in [0.2, 0.25) is 10.0 Å². The summed E-state index contributed by atoms with van der Waals surface area (Å²) in [6.07, 6.45) is 3.89. The second-order valence-corrected chi connectivity index (χ2v) is 13.5. The van der Waals surface area contributed by atoms with Gasteiger partial charge in [0.25, 0.3) is 10.0 Å². The fourth-order valence-corrected chi connectivity index (χ4v) is 6.83.